The van der Waals surface area contributed by atoms with Crippen molar-refractivity contribution < 1.29 is 19.1 Å². The molecule has 2 aromatic rings. The number of aliphatic hydroxyl groups is 1. The molecule has 2 aromatic carbocycles. The van der Waals surface area contributed by atoms with Crippen LogP contribution in [0.25, 0.3) is 0 Å². The van der Waals surface area contributed by atoms with E-state index < -0.39 is 5.41 Å². The van der Waals surface area contributed by atoms with Gasteiger partial charge in [-0.2, -0.15) is 0 Å². The Balaban J connectivity index is 1.63. The van der Waals surface area contributed by atoms with Crippen LogP contribution in [0.5, 0.6) is 0 Å². The number of benzene rings is 2. The van der Waals surface area contributed by atoms with E-state index in [4.69, 9.17) is 5.11 Å². The first-order valence-corrected chi connectivity index (χ1v) is 8.58. The zero-order chi connectivity index (χ0) is 18.6. The van der Waals surface area contributed by atoms with Crippen molar-refractivity contribution in [3.05, 3.63) is 65.5 Å². The first-order chi connectivity index (χ1) is 12.5. The van der Waals surface area contributed by atoms with Gasteiger partial charge in [0.2, 0.25) is 11.8 Å². The number of aliphatic hydroxyl groups excluding tert-OH is 1. The molecule has 3 rings (SSSR count). The number of hydrogen-bond acceptors (Lipinski definition) is 3. The Bertz CT molecular complexity index is 801. The molecule has 136 valence electrons. The fraction of sp³-hybridized carbons (Fsp3) is 0.300. The molecule has 0 unspecified atom stereocenters. The lowest BCUT2D eigenvalue weighted by atomic mass is 9.94. The van der Waals surface area contributed by atoms with Crippen molar-refractivity contribution in [1.82, 2.24) is 5.32 Å². The molecule has 3 N–H and O–H groups in total. The van der Waals surface area contributed by atoms with Crippen molar-refractivity contribution in [3.63, 3.8) is 0 Å². The molecule has 0 bridgehead atoms. The molecule has 1 saturated carbocycles. The molecule has 0 spiro atoms. The Hall–Kier alpha value is -2.73. The van der Waals surface area contributed by atoms with Gasteiger partial charge in [0.25, 0.3) is 0 Å². The van der Waals surface area contributed by atoms with Crippen LogP contribution in [-0.4, -0.2) is 30.1 Å². The number of anilines is 1. The van der Waals surface area contributed by atoms with E-state index >= 15 is 0 Å². The van der Waals surface area contributed by atoms with Crippen LogP contribution in [0.1, 0.15) is 24.0 Å². The largest absolute Gasteiger partial charge is 0.395 e. The van der Waals surface area contributed by atoms with Crippen LogP contribution in [-0.2, 0) is 21.4 Å². The average molecular weight is 356 g/mol. The molecule has 5 nitrogen and oxygen atoms in total. The molecule has 1 fully saturated rings. The SMILES string of the molecule is O=C(Cc1ccc(NC(=O)C2(c3ccccc3F)CC2)cc1)NCCO. The van der Waals surface area contributed by atoms with Crippen molar-refractivity contribution in [2.24, 2.45) is 0 Å². The summed E-state index contributed by atoms with van der Waals surface area (Å²) in [6.07, 6.45) is 1.46. The molecular weight excluding hydrogens is 335 g/mol. The minimum atomic E-state index is -0.784. The van der Waals surface area contributed by atoms with Crippen LogP contribution in [0.15, 0.2) is 48.5 Å². The van der Waals surface area contributed by atoms with Gasteiger partial charge < -0.3 is 15.7 Å². The highest BCUT2D eigenvalue weighted by atomic mass is 19.1. The fourth-order valence-corrected chi connectivity index (χ4v) is 2.99. The topological polar surface area (TPSA) is 78.4 Å². The number of carbonyl (C=O) groups excluding carboxylic acids is 2. The van der Waals surface area contributed by atoms with Crippen LogP contribution < -0.4 is 10.6 Å². The van der Waals surface area contributed by atoms with E-state index in [1.54, 1.807) is 42.5 Å². The summed E-state index contributed by atoms with van der Waals surface area (Å²) in [6, 6.07) is 13.4. The maximum Gasteiger partial charge on any atom is 0.235 e. The summed E-state index contributed by atoms with van der Waals surface area (Å²) in [7, 11) is 0. The highest BCUT2D eigenvalue weighted by Gasteiger charge is 2.52. The summed E-state index contributed by atoms with van der Waals surface area (Å²) in [4.78, 5) is 24.3. The van der Waals surface area contributed by atoms with Crippen molar-refractivity contribution >= 4 is 17.5 Å². The molecule has 1 aliphatic rings. The fourth-order valence-electron chi connectivity index (χ4n) is 2.99. The number of nitrogens with one attached hydrogen (secondary N) is 2. The van der Waals surface area contributed by atoms with Crippen LogP contribution in [0.2, 0.25) is 0 Å². The van der Waals surface area contributed by atoms with Crippen LogP contribution >= 0.6 is 0 Å². The first-order valence-electron chi connectivity index (χ1n) is 8.58. The van der Waals surface area contributed by atoms with E-state index in [9.17, 15) is 14.0 Å². The van der Waals surface area contributed by atoms with Crippen molar-refractivity contribution in [2.45, 2.75) is 24.7 Å². The van der Waals surface area contributed by atoms with E-state index in [0.717, 1.165) is 5.56 Å². The van der Waals surface area contributed by atoms with Crippen LogP contribution in [0.4, 0.5) is 10.1 Å². The predicted molar refractivity (Wildman–Crippen MR) is 96.2 cm³/mol. The third-order valence-corrected chi connectivity index (χ3v) is 4.58. The van der Waals surface area contributed by atoms with E-state index in [2.05, 4.69) is 10.6 Å². The van der Waals surface area contributed by atoms with Gasteiger partial charge in [-0.05, 0) is 36.6 Å². The Morgan fingerprint density at radius 2 is 1.77 bits per heavy atom. The molecule has 0 heterocycles. The molecule has 2 amide bonds. The summed E-state index contributed by atoms with van der Waals surface area (Å²) >= 11 is 0. The minimum absolute atomic E-state index is 0.0968. The third-order valence-electron chi connectivity index (χ3n) is 4.58. The number of carbonyl (C=O) groups is 2. The molecule has 0 aliphatic heterocycles. The second kappa shape index (κ2) is 7.66. The normalized spacial score (nSPS) is 14.5. The number of rotatable bonds is 7. The minimum Gasteiger partial charge on any atom is -0.395 e. The van der Waals surface area contributed by atoms with Gasteiger partial charge in [0.15, 0.2) is 0 Å². The molecule has 6 heteroatoms. The van der Waals surface area contributed by atoms with Gasteiger partial charge in [-0.3, -0.25) is 9.59 Å². The van der Waals surface area contributed by atoms with E-state index in [-0.39, 0.29) is 37.2 Å². The molecule has 26 heavy (non-hydrogen) atoms. The van der Waals surface area contributed by atoms with Crippen LogP contribution in [0, 0.1) is 5.82 Å². The Labute approximate surface area is 151 Å². The van der Waals surface area contributed by atoms with E-state index in [0.29, 0.717) is 24.1 Å². The highest BCUT2D eigenvalue weighted by Crippen LogP contribution is 2.49. The summed E-state index contributed by atoms with van der Waals surface area (Å²) in [5.41, 5.74) is 1.06. The summed E-state index contributed by atoms with van der Waals surface area (Å²) in [5, 5.41) is 14.1. The van der Waals surface area contributed by atoms with Gasteiger partial charge in [0.05, 0.1) is 18.4 Å². The number of hydrogen-bond donors (Lipinski definition) is 3. The highest BCUT2D eigenvalue weighted by molar-refractivity contribution is 6.01. The standard InChI is InChI=1S/C20H21FN2O3/c21-17-4-2-1-3-16(17)20(9-10-20)19(26)23-15-7-5-14(6-8-15)13-18(25)22-11-12-24/h1-8,24H,9-13H2,(H,22,25)(H,23,26). The van der Waals surface area contributed by atoms with Gasteiger partial charge in [-0.1, -0.05) is 30.3 Å². The zero-order valence-corrected chi connectivity index (χ0v) is 14.3. The second-order valence-electron chi connectivity index (χ2n) is 6.46. The van der Waals surface area contributed by atoms with Crippen molar-refractivity contribution in [3.8, 4) is 0 Å². The van der Waals surface area contributed by atoms with Crippen LogP contribution in [0.3, 0.4) is 0 Å². The quantitative estimate of drug-likeness (QED) is 0.711. The van der Waals surface area contributed by atoms with Gasteiger partial charge in [-0.15, -0.1) is 0 Å². The van der Waals surface area contributed by atoms with Gasteiger partial charge >= 0.3 is 0 Å². The van der Waals surface area contributed by atoms with Gasteiger partial charge in [-0.25, -0.2) is 4.39 Å². The van der Waals surface area contributed by atoms with Gasteiger partial charge in [0.1, 0.15) is 5.82 Å². The van der Waals surface area contributed by atoms with E-state index in [1.165, 1.54) is 6.07 Å². The Morgan fingerprint density at radius 1 is 1.08 bits per heavy atom. The van der Waals surface area contributed by atoms with Crippen molar-refractivity contribution in [2.75, 3.05) is 18.5 Å². The second-order valence-corrected chi connectivity index (χ2v) is 6.46. The molecule has 0 atom stereocenters. The first kappa shape index (κ1) is 18.1. The number of amides is 2. The summed E-state index contributed by atoms with van der Waals surface area (Å²) in [6.45, 7) is 0.131. The maximum atomic E-state index is 14.1. The smallest absolute Gasteiger partial charge is 0.235 e. The van der Waals surface area contributed by atoms with E-state index in [1.807, 2.05) is 0 Å². The Morgan fingerprint density at radius 3 is 2.38 bits per heavy atom. The average Bonchev–Trinajstić information content (AvgIpc) is 3.44. The number of halogens is 1. The zero-order valence-electron chi connectivity index (χ0n) is 14.3. The molecule has 0 radical (unpaired) electrons. The van der Waals surface area contributed by atoms with Crippen molar-refractivity contribution in [1.29, 1.82) is 0 Å². The lowest BCUT2D eigenvalue weighted by Gasteiger charge is -2.16. The maximum absolute atomic E-state index is 14.1. The Kier molecular flexibility index (Phi) is 5.32. The molecule has 0 saturated heterocycles. The molecule has 1 aliphatic carbocycles. The molecular formula is C20H21FN2O3. The van der Waals surface area contributed by atoms with Gasteiger partial charge in [0, 0.05) is 17.8 Å². The summed E-state index contributed by atoms with van der Waals surface area (Å²) in [5.74, 6) is -0.743. The lowest BCUT2D eigenvalue weighted by molar-refractivity contribution is -0.120. The summed E-state index contributed by atoms with van der Waals surface area (Å²) < 4.78 is 14.1. The molecule has 0 aromatic heterocycles. The third kappa shape index (κ3) is 3.91. The monoisotopic (exact) mass is 356 g/mol. The predicted octanol–water partition coefficient (Wildman–Crippen LogP) is 2.15. The lowest BCUT2D eigenvalue weighted by Crippen LogP contribution is -2.29.